The Morgan fingerprint density at radius 3 is 2.40 bits per heavy atom. The molecule has 1 N–H and O–H groups in total. The Morgan fingerprint density at radius 2 is 1.76 bits per heavy atom. The molecule has 0 bridgehead atoms. The maximum absolute atomic E-state index is 12.4. The molecule has 3 aromatic rings. The number of aromatic nitrogens is 3. The van der Waals surface area contributed by atoms with Gasteiger partial charge in [-0.15, -0.1) is 0 Å². The van der Waals surface area contributed by atoms with Crippen LogP contribution in [0.3, 0.4) is 0 Å². The van der Waals surface area contributed by atoms with Crippen LogP contribution < -0.4 is 5.32 Å². The van der Waals surface area contributed by atoms with Gasteiger partial charge in [0, 0.05) is 24.3 Å². The average Bonchev–Trinajstić information content (AvgIpc) is 2.64. The van der Waals surface area contributed by atoms with E-state index >= 15 is 0 Å². The molecule has 0 aliphatic heterocycles. The summed E-state index contributed by atoms with van der Waals surface area (Å²) in [6, 6.07) is 11.8. The van der Waals surface area contributed by atoms with Gasteiger partial charge in [0.25, 0.3) is 5.91 Å². The van der Waals surface area contributed by atoms with Crippen LogP contribution in [0.1, 0.15) is 27.2 Å². The summed E-state index contributed by atoms with van der Waals surface area (Å²) in [6.45, 7) is 1.81. The molecule has 5 nitrogen and oxygen atoms in total. The predicted octanol–water partition coefficient (Wildman–Crippen LogP) is 3.75. The molecule has 2 heterocycles. The quantitative estimate of drug-likeness (QED) is 0.561. The van der Waals surface area contributed by atoms with Crippen LogP contribution in [0.2, 0.25) is 0 Å². The third-order valence-electron chi connectivity index (χ3n) is 3.75. The molecule has 25 heavy (non-hydrogen) atoms. The molecule has 1 aromatic carbocycles. The van der Waals surface area contributed by atoms with Crippen LogP contribution in [0.4, 0.5) is 5.69 Å². The van der Waals surface area contributed by atoms with Crippen molar-refractivity contribution in [2.45, 2.75) is 18.5 Å². The average molecular weight is 350 g/mol. The Hall–Kier alpha value is -2.73. The first-order valence-corrected chi connectivity index (χ1v) is 9.05. The van der Waals surface area contributed by atoms with Gasteiger partial charge in [0.1, 0.15) is 0 Å². The molecule has 3 rings (SSSR count). The number of anilines is 1. The highest BCUT2D eigenvalue weighted by Crippen LogP contribution is 2.16. The standard InChI is InChI=1S/C19H18N4OS/c1-13-17(12-21-19(22-13)25-2)18(24)23-16-5-3-14(4-6-16)11-15-7-9-20-10-8-15/h3-10,12H,11H2,1-2H3,(H,23,24). The van der Waals surface area contributed by atoms with E-state index in [0.29, 0.717) is 16.4 Å². The Balaban J connectivity index is 1.68. The summed E-state index contributed by atoms with van der Waals surface area (Å²) in [5, 5.41) is 3.55. The highest BCUT2D eigenvalue weighted by atomic mass is 32.2. The second-order valence-corrected chi connectivity index (χ2v) is 6.31. The Morgan fingerprint density at radius 1 is 1.08 bits per heavy atom. The molecule has 126 valence electrons. The van der Waals surface area contributed by atoms with E-state index in [2.05, 4.69) is 20.3 Å². The second kappa shape index (κ2) is 7.90. The van der Waals surface area contributed by atoms with Crippen molar-refractivity contribution in [1.82, 2.24) is 15.0 Å². The Kier molecular flexibility index (Phi) is 5.40. The van der Waals surface area contributed by atoms with Crippen molar-refractivity contribution in [3.63, 3.8) is 0 Å². The lowest BCUT2D eigenvalue weighted by atomic mass is 10.1. The van der Waals surface area contributed by atoms with Crippen molar-refractivity contribution in [2.24, 2.45) is 0 Å². The van der Waals surface area contributed by atoms with Gasteiger partial charge in [0.2, 0.25) is 0 Å². The molecule has 0 saturated carbocycles. The van der Waals surface area contributed by atoms with Crippen LogP contribution in [0, 0.1) is 6.92 Å². The number of aryl methyl sites for hydroxylation is 1. The van der Waals surface area contributed by atoms with Crippen molar-refractivity contribution in [1.29, 1.82) is 0 Å². The maximum atomic E-state index is 12.4. The predicted molar refractivity (Wildman–Crippen MR) is 100.0 cm³/mol. The van der Waals surface area contributed by atoms with Crippen molar-refractivity contribution in [3.8, 4) is 0 Å². The van der Waals surface area contributed by atoms with Crippen molar-refractivity contribution in [3.05, 3.63) is 77.4 Å². The van der Waals surface area contributed by atoms with E-state index in [4.69, 9.17) is 0 Å². The fourth-order valence-electron chi connectivity index (χ4n) is 2.41. The fraction of sp³-hybridized carbons (Fsp3) is 0.158. The minimum atomic E-state index is -0.202. The monoisotopic (exact) mass is 350 g/mol. The lowest BCUT2D eigenvalue weighted by Gasteiger charge is -2.08. The van der Waals surface area contributed by atoms with E-state index in [-0.39, 0.29) is 5.91 Å². The number of hydrogen-bond acceptors (Lipinski definition) is 5. The molecule has 0 unspecified atom stereocenters. The number of hydrogen-bond donors (Lipinski definition) is 1. The van der Waals surface area contributed by atoms with Crippen LogP contribution in [0.15, 0.2) is 60.1 Å². The van der Waals surface area contributed by atoms with E-state index in [9.17, 15) is 4.79 Å². The molecule has 6 heteroatoms. The first kappa shape index (κ1) is 17.1. The van der Waals surface area contributed by atoms with Gasteiger partial charge in [-0.2, -0.15) is 0 Å². The van der Waals surface area contributed by atoms with Crippen LogP contribution in [-0.4, -0.2) is 27.1 Å². The number of carbonyl (C=O) groups is 1. The second-order valence-electron chi connectivity index (χ2n) is 5.54. The van der Waals surface area contributed by atoms with Crippen LogP contribution in [0.25, 0.3) is 0 Å². The smallest absolute Gasteiger partial charge is 0.259 e. The van der Waals surface area contributed by atoms with Crippen LogP contribution >= 0.6 is 11.8 Å². The first-order chi connectivity index (χ1) is 12.2. The summed E-state index contributed by atoms with van der Waals surface area (Å²) in [4.78, 5) is 24.9. The molecular formula is C19H18N4OS. The number of pyridine rings is 1. The zero-order valence-electron chi connectivity index (χ0n) is 14.1. The SMILES string of the molecule is CSc1ncc(C(=O)Nc2ccc(Cc3ccncc3)cc2)c(C)n1. The minimum Gasteiger partial charge on any atom is -0.322 e. The van der Waals surface area contributed by atoms with Crippen molar-refractivity contribution >= 4 is 23.4 Å². The van der Waals surface area contributed by atoms with Gasteiger partial charge in [0.05, 0.1) is 11.3 Å². The third-order valence-corrected chi connectivity index (χ3v) is 4.32. The molecule has 0 spiro atoms. The van der Waals surface area contributed by atoms with E-state index in [1.165, 1.54) is 22.9 Å². The van der Waals surface area contributed by atoms with Gasteiger partial charge in [-0.3, -0.25) is 9.78 Å². The summed E-state index contributed by atoms with van der Waals surface area (Å²) in [7, 11) is 0. The fourth-order valence-corrected chi connectivity index (χ4v) is 2.79. The molecule has 0 atom stereocenters. The Labute approximate surface area is 150 Å². The molecule has 0 saturated heterocycles. The number of nitrogens with zero attached hydrogens (tertiary/aromatic N) is 3. The summed E-state index contributed by atoms with van der Waals surface area (Å²) in [6.07, 6.45) is 7.89. The third kappa shape index (κ3) is 4.42. The summed E-state index contributed by atoms with van der Waals surface area (Å²) in [5.74, 6) is -0.202. The van der Waals surface area contributed by atoms with Crippen molar-refractivity contribution < 1.29 is 4.79 Å². The zero-order chi connectivity index (χ0) is 17.6. The molecule has 0 aliphatic carbocycles. The highest BCUT2D eigenvalue weighted by Gasteiger charge is 2.12. The zero-order valence-corrected chi connectivity index (χ0v) is 14.9. The summed E-state index contributed by atoms with van der Waals surface area (Å²) in [5.41, 5.74) is 4.28. The molecular weight excluding hydrogens is 332 g/mol. The molecule has 0 aliphatic rings. The minimum absolute atomic E-state index is 0.202. The van der Waals surface area contributed by atoms with Gasteiger partial charge < -0.3 is 5.32 Å². The Bertz CT molecular complexity index is 866. The van der Waals surface area contributed by atoms with E-state index in [0.717, 1.165) is 12.1 Å². The summed E-state index contributed by atoms with van der Waals surface area (Å²) >= 11 is 1.45. The van der Waals surface area contributed by atoms with E-state index in [1.807, 2.05) is 49.6 Å². The van der Waals surface area contributed by atoms with Gasteiger partial charge in [-0.1, -0.05) is 23.9 Å². The number of thioether (sulfide) groups is 1. The van der Waals surface area contributed by atoms with Crippen LogP contribution in [0.5, 0.6) is 0 Å². The molecule has 0 radical (unpaired) electrons. The lowest BCUT2D eigenvalue weighted by molar-refractivity contribution is 0.102. The summed E-state index contributed by atoms with van der Waals surface area (Å²) < 4.78 is 0. The lowest BCUT2D eigenvalue weighted by Crippen LogP contribution is -2.15. The number of benzene rings is 1. The largest absolute Gasteiger partial charge is 0.322 e. The molecule has 0 fully saturated rings. The van der Waals surface area contributed by atoms with Crippen molar-refractivity contribution in [2.75, 3.05) is 11.6 Å². The van der Waals surface area contributed by atoms with E-state index < -0.39 is 0 Å². The van der Waals surface area contributed by atoms with Gasteiger partial charge in [-0.05, 0) is 55.0 Å². The van der Waals surface area contributed by atoms with Gasteiger partial charge in [-0.25, -0.2) is 9.97 Å². The normalized spacial score (nSPS) is 10.5. The number of nitrogens with one attached hydrogen (secondary N) is 1. The maximum Gasteiger partial charge on any atom is 0.259 e. The topological polar surface area (TPSA) is 67.8 Å². The van der Waals surface area contributed by atoms with Gasteiger partial charge in [0.15, 0.2) is 5.16 Å². The highest BCUT2D eigenvalue weighted by molar-refractivity contribution is 7.98. The van der Waals surface area contributed by atoms with E-state index in [1.54, 1.807) is 18.6 Å². The first-order valence-electron chi connectivity index (χ1n) is 7.82. The molecule has 2 aromatic heterocycles. The molecule has 1 amide bonds. The van der Waals surface area contributed by atoms with Gasteiger partial charge >= 0.3 is 0 Å². The number of rotatable bonds is 5. The number of carbonyl (C=O) groups excluding carboxylic acids is 1. The van der Waals surface area contributed by atoms with Crippen LogP contribution in [-0.2, 0) is 6.42 Å². The number of amides is 1.